The van der Waals surface area contributed by atoms with Crippen molar-refractivity contribution in [3.8, 4) is 0 Å². The average molecular weight is 534 g/mol. The quantitative estimate of drug-likeness (QED) is 0.366. The van der Waals surface area contributed by atoms with E-state index in [0.717, 1.165) is 30.0 Å². The molecule has 0 spiro atoms. The summed E-state index contributed by atoms with van der Waals surface area (Å²) in [5, 5.41) is 54.3. The molecule has 8 atom stereocenters. The van der Waals surface area contributed by atoms with Crippen molar-refractivity contribution >= 4 is 45.5 Å². The molecule has 0 radical (unpaired) electrons. The zero-order valence-electron chi connectivity index (χ0n) is 19.7. The molecule has 2 N–H and O–H groups in total. The third-order valence-electron chi connectivity index (χ3n) is 9.26. The van der Waals surface area contributed by atoms with E-state index in [4.69, 9.17) is 0 Å². The van der Waals surface area contributed by atoms with Gasteiger partial charge in [0.2, 0.25) is 0 Å². The highest BCUT2D eigenvalue weighted by Crippen LogP contribution is 2.81. The molecular weight excluding hydrogens is 516 g/mol. The van der Waals surface area contributed by atoms with E-state index in [2.05, 4.69) is 21.1 Å². The van der Waals surface area contributed by atoms with Gasteiger partial charge < -0.3 is 0 Å². The number of fused-ring (bicyclic) bond motifs is 2. The van der Waals surface area contributed by atoms with Gasteiger partial charge in [-0.05, 0) is 42.2 Å². The van der Waals surface area contributed by atoms with E-state index >= 15 is 0 Å². The van der Waals surface area contributed by atoms with Crippen molar-refractivity contribution in [1.82, 2.24) is 0 Å². The summed E-state index contributed by atoms with van der Waals surface area (Å²) in [6.45, 7) is 0. The second-order valence-electron chi connectivity index (χ2n) is 10.5. The van der Waals surface area contributed by atoms with Gasteiger partial charge in [-0.15, -0.1) is 0 Å². The minimum absolute atomic E-state index is 0.0671. The van der Waals surface area contributed by atoms with Crippen molar-refractivity contribution in [3.63, 3.8) is 0 Å². The maximum Gasteiger partial charge on any atom is 0.301 e. The molecule has 0 heterocycles. The maximum atomic E-state index is 11.5. The van der Waals surface area contributed by atoms with Crippen LogP contribution in [0, 0.1) is 87.8 Å². The van der Waals surface area contributed by atoms with Gasteiger partial charge in [0.05, 0.1) is 31.8 Å². The van der Waals surface area contributed by atoms with Crippen molar-refractivity contribution in [2.24, 2.45) is 57.5 Å². The third-order valence-corrected chi connectivity index (χ3v) is 9.26. The average Bonchev–Trinajstić information content (AvgIpc) is 3.44. The highest BCUT2D eigenvalue weighted by molar-refractivity contribution is 6.11. The molecule has 39 heavy (non-hydrogen) atoms. The number of hydrogen-bond acceptors (Lipinski definition) is 12. The molecule has 0 saturated heterocycles. The van der Waals surface area contributed by atoms with E-state index in [1.54, 1.807) is 0 Å². The van der Waals surface area contributed by atoms with Crippen LogP contribution in [0.25, 0.3) is 0 Å². The van der Waals surface area contributed by atoms with Crippen LogP contribution in [0.5, 0.6) is 0 Å². The normalized spacial score (nSPS) is 33.9. The lowest BCUT2D eigenvalue weighted by atomic mass is 9.59. The van der Waals surface area contributed by atoms with Crippen molar-refractivity contribution in [2.45, 2.75) is 6.42 Å². The molecule has 5 aliphatic carbocycles. The molecule has 0 aromatic heterocycles. The number of non-ortho nitro benzene ring substituents is 2. The minimum Gasteiger partial charge on any atom is -0.272 e. The molecule has 5 fully saturated rings. The zero-order chi connectivity index (χ0) is 27.3. The summed E-state index contributed by atoms with van der Waals surface area (Å²) in [6.07, 6.45) is 1.03. The smallest absolute Gasteiger partial charge is 0.272 e. The van der Waals surface area contributed by atoms with Crippen LogP contribution in [0.1, 0.15) is 6.42 Å². The van der Waals surface area contributed by atoms with Crippen LogP contribution < -0.4 is 10.9 Å². The summed E-state index contributed by atoms with van der Waals surface area (Å²) in [4.78, 5) is 42.3. The Kier molecular flexibility index (Phi) is 4.59. The Labute approximate surface area is 217 Å². The van der Waals surface area contributed by atoms with Gasteiger partial charge in [0.1, 0.15) is 11.4 Å². The Morgan fingerprint density at radius 2 is 1.03 bits per heavy atom. The molecule has 0 amide bonds. The first-order chi connectivity index (χ1) is 18.7. The van der Waals surface area contributed by atoms with Gasteiger partial charge in [0.15, 0.2) is 0 Å². The fourth-order valence-corrected chi connectivity index (χ4v) is 8.17. The molecule has 16 heteroatoms. The van der Waals surface area contributed by atoms with Gasteiger partial charge >= 0.3 is 11.4 Å². The maximum absolute atomic E-state index is 11.5. The number of anilines is 2. The topological polar surface area (TPSA) is 221 Å². The second kappa shape index (κ2) is 7.75. The van der Waals surface area contributed by atoms with Gasteiger partial charge in [-0.3, -0.25) is 51.3 Å². The van der Waals surface area contributed by atoms with Crippen LogP contribution in [0.4, 0.5) is 34.1 Å². The van der Waals surface area contributed by atoms with Crippen LogP contribution in [0.3, 0.4) is 0 Å². The Hall–Kier alpha value is -5.02. The first-order valence-corrected chi connectivity index (χ1v) is 12.2. The summed E-state index contributed by atoms with van der Waals surface area (Å²) in [5.41, 5.74) is 5.94. The number of benzene rings is 2. The van der Waals surface area contributed by atoms with E-state index in [9.17, 15) is 40.5 Å². The zero-order valence-corrected chi connectivity index (χ0v) is 19.7. The monoisotopic (exact) mass is 534 g/mol. The summed E-state index contributed by atoms with van der Waals surface area (Å²) >= 11 is 0. The largest absolute Gasteiger partial charge is 0.301 e. The molecule has 5 saturated carbocycles. The summed E-state index contributed by atoms with van der Waals surface area (Å²) < 4.78 is 0. The highest BCUT2D eigenvalue weighted by atomic mass is 16.6. The van der Waals surface area contributed by atoms with E-state index in [-0.39, 0.29) is 46.4 Å². The van der Waals surface area contributed by atoms with Gasteiger partial charge in [-0.1, -0.05) is 0 Å². The Bertz CT molecular complexity index is 1470. The van der Waals surface area contributed by atoms with E-state index < -0.39 is 31.1 Å². The summed E-state index contributed by atoms with van der Waals surface area (Å²) in [5.74, 6) is 2.16. The number of nitrogens with zero attached hydrogens (tertiary/aromatic N) is 6. The van der Waals surface area contributed by atoms with Gasteiger partial charge in [-0.2, -0.15) is 10.2 Å². The fourth-order valence-electron chi connectivity index (χ4n) is 8.17. The fraction of sp³-hybridized carbons (Fsp3) is 0.391. The third kappa shape index (κ3) is 2.98. The first-order valence-electron chi connectivity index (χ1n) is 12.2. The Balaban J connectivity index is 1.18. The van der Waals surface area contributed by atoms with Gasteiger partial charge in [0.25, 0.3) is 11.4 Å². The predicted molar refractivity (Wildman–Crippen MR) is 134 cm³/mol. The Morgan fingerprint density at radius 1 is 0.615 bits per heavy atom. The van der Waals surface area contributed by atoms with Crippen LogP contribution in [0.2, 0.25) is 0 Å². The van der Waals surface area contributed by atoms with Crippen molar-refractivity contribution in [1.29, 1.82) is 0 Å². The number of hydrogen-bond donors (Lipinski definition) is 2. The molecule has 16 nitrogen and oxygen atoms in total. The number of nitro groups is 4. The van der Waals surface area contributed by atoms with Crippen LogP contribution in [0.15, 0.2) is 46.6 Å². The molecule has 2 bridgehead atoms. The summed E-state index contributed by atoms with van der Waals surface area (Å²) in [7, 11) is 0. The van der Waals surface area contributed by atoms with E-state index in [1.807, 2.05) is 0 Å². The molecule has 0 aliphatic heterocycles. The van der Waals surface area contributed by atoms with Crippen LogP contribution >= 0.6 is 0 Å². The first kappa shape index (κ1) is 23.1. The molecule has 7 rings (SSSR count). The molecular formula is C23H18N8O8. The van der Waals surface area contributed by atoms with Crippen molar-refractivity contribution in [2.75, 3.05) is 10.9 Å². The molecule has 2 aromatic carbocycles. The lowest BCUT2D eigenvalue weighted by Crippen LogP contribution is -2.48. The van der Waals surface area contributed by atoms with Gasteiger partial charge in [0, 0.05) is 47.2 Å². The SMILES string of the molecule is O=[N+]([O-])c1ccc(N/N=C2/[C@@H]3[C@H]4C[C@H]5[C@@H]3/C(=N/Nc3ccc([N+](=O)[O-])cc3[N+](=O)[O-])[C@@H]3[C@@H]2[C@H]4[C@H]53)c([N+](=O)[O-])c1. The number of nitrogens with one attached hydrogen (secondary N) is 2. The van der Waals surface area contributed by atoms with E-state index in [1.165, 1.54) is 24.3 Å². The number of hydrazone groups is 2. The second-order valence-corrected chi connectivity index (χ2v) is 10.5. The molecule has 198 valence electrons. The Morgan fingerprint density at radius 3 is 1.38 bits per heavy atom. The number of nitro benzene ring substituents is 4. The van der Waals surface area contributed by atoms with Crippen molar-refractivity contribution < 1.29 is 19.7 Å². The van der Waals surface area contributed by atoms with Crippen LogP contribution in [-0.4, -0.2) is 31.1 Å². The predicted octanol–water partition coefficient (Wildman–Crippen LogP) is 3.94. The van der Waals surface area contributed by atoms with Crippen molar-refractivity contribution in [3.05, 3.63) is 76.9 Å². The minimum atomic E-state index is -0.696. The lowest BCUT2D eigenvalue weighted by molar-refractivity contribution is -0.393. The molecule has 5 aliphatic rings. The molecule has 0 unspecified atom stereocenters. The standard InChI is InChI=1S/C23H18N8O8/c32-28(33)8-1-3-12(14(5-8)30(36)37)24-26-22-18-10-7-11-17-16(10)20(22)21(17)23(19(11)18)27-25-13-4-2-9(29(34)35)6-15(13)31(38)39/h1-6,10-11,16-21,24-25H,7H2/b26-22-,27-23-/t10-,11+,16+,17-,18+,19-,20-,21-/m0/s1. The number of rotatable bonds is 8. The van der Waals surface area contributed by atoms with Gasteiger partial charge in [-0.25, -0.2) is 0 Å². The lowest BCUT2D eigenvalue weighted by Gasteiger charge is -2.44. The molecule has 2 aromatic rings. The van der Waals surface area contributed by atoms with E-state index in [0.29, 0.717) is 23.7 Å². The summed E-state index contributed by atoms with van der Waals surface area (Å²) in [6, 6.07) is 6.72. The van der Waals surface area contributed by atoms with Crippen LogP contribution in [-0.2, 0) is 0 Å². The highest BCUT2D eigenvalue weighted by Gasteiger charge is 2.82.